The number of nitro benzene ring substituents is 1. The zero-order valence-corrected chi connectivity index (χ0v) is 23.3. The lowest BCUT2D eigenvalue weighted by molar-refractivity contribution is -0.384. The van der Waals surface area contributed by atoms with Crippen molar-refractivity contribution in [3.05, 3.63) is 73.1 Å². The third kappa shape index (κ3) is 6.81. The molecule has 12 heteroatoms. The number of carbonyl (C=O) groups is 2. The Morgan fingerprint density at radius 2 is 1.94 bits per heavy atom. The zero-order chi connectivity index (χ0) is 26.4. The first kappa shape index (κ1) is 27.6. The van der Waals surface area contributed by atoms with Gasteiger partial charge in [-0.05, 0) is 72.2 Å². The molecule has 0 aliphatic heterocycles. The first-order valence-corrected chi connectivity index (χ1v) is 13.3. The lowest BCUT2D eigenvalue weighted by Crippen LogP contribution is -2.33. The van der Waals surface area contributed by atoms with Crippen molar-refractivity contribution in [2.75, 3.05) is 11.1 Å². The second kappa shape index (κ2) is 12.3. The number of nitro groups is 1. The summed E-state index contributed by atoms with van der Waals surface area (Å²) in [6, 6.07) is 10.9. The quantitative estimate of drug-likeness (QED) is 0.141. The minimum atomic E-state index is -0.538. The number of hydrogen-bond donors (Lipinski definition) is 2. The van der Waals surface area contributed by atoms with Gasteiger partial charge in [0.25, 0.3) is 11.6 Å². The Balaban J connectivity index is 1.73. The Morgan fingerprint density at radius 1 is 1.19 bits per heavy atom. The van der Waals surface area contributed by atoms with Gasteiger partial charge in [-0.3, -0.25) is 19.7 Å². The van der Waals surface area contributed by atoms with Crippen LogP contribution in [0, 0.1) is 26.5 Å². The minimum Gasteiger partial charge on any atom is -0.342 e. The minimum absolute atomic E-state index is 0.0350. The zero-order valence-electron chi connectivity index (χ0n) is 20.3. The summed E-state index contributed by atoms with van der Waals surface area (Å²) in [5.41, 5.74) is 1.79. The van der Waals surface area contributed by atoms with E-state index in [1.807, 2.05) is 50.5 Å². The smallest absolute Gasteiger partial charge is 0.270 e. The summed E-state index contributed by atoms with van der Waals surface area (Å²) in [4.78, 5) is 36.0. The summed E-state index contributed by atoms with van der Waals surface area (Å²) in [5, 5.41) is 26.1. The number of thioether (sulfide) groups is 1. The highest BCUT2D eigenvalue weighted by Gasteiger charge is 2.26. The maximum Gasteiger partial charge on any atom is 0.270 e. The number of aryl methyl sites for hydroxylation is 1. The molecule has 10 nitrogen and oxygen atoms in total. The van der Waals surface area contributed by atoms with E-state index in [1.54, 1.807) is 0 Å². The number of anilines is 1. The Labute approximate surface area is 226 Å². The molecule has 0 unspecified atom stereocenters. The molecule has 2 aromatic carbocycles. The number of benzene rings is 2. The average molecular weight is 622 g/mol. The van der Waals surface area contributed by atoms with Gasteiger partial charge in [0.2, 0.25) is 5.91 Å². The van der Waals surface area contributed by atoms with Crippen molar-refractivity contribution in [3.8, 4) is 0 Å². The van der Waals surface area contributed by atoms with Gasteiger partial charge in [0, 0.05) is 33.5 Å². The summed E-state index contributed by atoms with van der Waals surface area (Å²) in [7, 11) is 0. The fourth-order valence-electron chi connectivity index (χ4n) is 3.53. The Bertz CT molecular complexity index is 1280. The van der Waals surface area contributed by atoms with Crippen molar-refractivity contribution in [2.24, 2.45) is 5.92 Å². The molecular weight excluding hydrogens is 595 g/mol. The van der Waals surface area contributed by atoms with Gasteiger partial charge in [-0.25, -0.2) is 0 Å². The molecule has 3 aromatic rings. The van der Waals surface area contributed by atoms with Crippen LogP contribution in [-0.2, 0) is 11.3 Å². The van der Waals surface area contributed by atoms with Crippen LogP contribution >= 0.6 is 34.4 Å². The SMILES string of the molecule is CCn1c(SCC(=O)Nc2ccc(I)cc2C)nnc1[C@@H](NC(=O)c1cccc([N+](=O)[O-])c1)C(C)C. The molecule has 0 saturated carbocycles. The number of carbonyl (C=O) groups excluding carboxylic acids is 2. The van der Waals surface area contributed by atoms with Crippen LogP contribution in [0.15, 0.2) is 47.6 Å². The molecule has 0 saturated heterocycles. The van der Waals surface area contributed by atoms with E-state index in [-0.39, 0.29) is 28.8 Å². The van der Waals surface area contributed by atoms with Crippen molar-refractivity contribution in [2.45, 2.75) is 45.4 Å². The number of nitrogens with zero attached hydrogens (tertiary/aromatic N) is 4. The number of amides is 2. The van der Waals surface area contributed by atoms with Crippen LogP contribution in [0.25, 0.3) is 0 Å². The normalized spacial score (nSPS) is 11.8. The average Bonchev–Trinajstić information content (AvgIpc) is 3.25. The number of nitrogens with one attached hydrogen (secondary N) is 2. The van der Waals surface area contributed by atoms with E-state index in [0.717, 1.165) is 14.8 Å². The number of rotatable bonds is 10. The van der Waals surface area contributed by atoms with Crippen LogP contribution in [-0.4, -0.2) is 37.3 Å². The number of halogens is 1. The van der Waals surface area contributed by atoms with Crippen LogP contribution < -0.4 is 10.6 Å². The van der Waals surface area contributed by atoms with Crippen molar-refractivity contribution < 1.29 is 14.5 Å². The third-order valence-electron chi connectivity index (χ3n) is 5.41. The molecule has 3 rings (SSSR count). The van der Waals surface area contributed by atoms with E-state index in [4.69, 9.17) is 0 Å². The number of non-ortho nitro benzene ring substituents is 1. The maximum absolute atomic E-state index is 12.9. The van der Waals surface area contributed by atoms with Crippen LogP contribution in [0.2, 0.25) is 0 Å². The second-order valence-corrected chi connectivity index (χ2v) is 10.6. The van der Waals surface area contributed by atoms with Gasteiger partial charge >= 0.3 is 0 Å². The van der Waals surface area contributed by atoms with Gasteiger partial charge < -0.3 is 15.2 Å². The molecule has 0 aliphatic carbocycles. The Kier molecular flexibility index (Phi) is 9.43. The highest BCUT2D eigenvalue weighted by molar-refractivity contribution is 14.1. The van der Waals surface area contributed by atoms with Crippen molar-refractivity contribution in [3.63, 3.8) is 0 Å². The Morgan fingerprint density at radius 3 is 2.58 bits per heavy atom. The van der Waals surface area contributed by atoms with Gasteiger partial charge in [0.05, 0.1) is 16.7 Å². The molecular formula is C24H27IN6O4S. The molecule has 0 bridgehead atoms. The fourth-order valence-corrected chi connectivity index (χ4v) is 4.99. The second-order valence-electron chi connectivity index (χ2n) is 8.38. The third-order valence-corrected chi connectivity index (χ3v) is 7.04. The van der Waals surface area contributed by atoms with Crippen molar-refractivity contribution in [1.29, 1.82) is 0 Å². The van der Waals surface area contributed by atoms with Gasteiger partial charge in [0.1, 0.15) is 0 Å². The van der Waals surface area contributed by atoms with E-state index in [2.05, 4.69) is 43.4 Å². The largest absolute Gasteiger partial charge is 0.342 e. The van der Waals surface area contributed by atoms with Crippen LogP contribution in [0.1, 0.15) is 48.6 Å². The molecule has 1 heterocycles. The summed E-state index contributed by atoms with van der Waals surface area (Å²) in [6.45, 7) is 8.30. The summed E-state index contributed by atoms with van der Waals surface area (Å²) < 4.78 is 2.96. The highest BCUT2D eigenvalue weighted by atomic mass is 127. The van der Waals surface area contributed by atoms with Crippen molar-refractivity contribution in [1.82, 2.24) is 20.1 Å². The van der Waals surface area contributed by atoms with Crippen LogP contribution in [0.5, 0.6) is 0 Å². The topological polar surface area (TPSA) is 132 Å². The standard InChI is InChI=1S/C24H27IN6O4S/c1-5-30-22(21(14(2)3)27-23(33)16-7-6-8-18(12-16)31(34)35)28-29-24(30)36-13-20(32)26-19-10-9-17(25)11-15(19)4/h6-12,14,21H,5,13H2,1-4H3,(H,26,32)(H,27,33)/t21-/m0/s1. The van der Waals surface area contributed by atoms with E-state index in [1.165, 1.54) is 36.0 Å². The van der Waals surface area contributed by atoms with E-state index < -0.39 is 16.9 Å². The monoisotopic (exact) mass is 622 g/mol. The van der Waals surface area contributed by atoms with Crippen LogP contribution in [0.3, 0.4) is 0 Å². The van der Waals surface area contributed by atoms with Crippen molar-refractivity contribution >= 4 is 57.5 Å². The lowest BCUT2D eigenvalue weighted by atomic mass is 10.0. The first-order valence-electron chi connectivity index (χ1n) is 11.3. The molecule has 190 valence electrons. The predicted molar refractivity (Wildman–Crippen MR) is 147 cm³/mol. The molecule has 0 aliphatic rings. The van der Waals surface area contributed by atoms with Gasteiger partial charge in [-0.1, -0.05) is 31.7 Å². The molecule has 1 atom stereocenters. The summed E-state index contributed by atoms with van der Waals surface area (Å²) >= 11 is 3.49. The number of hydrogen-bond acceptors (Lipinski definition) is 7. The summed E-state index contributed by atoms with van der Waals surface area (Å²) in [6.07, 6.45) is 0. The van der Waals surface area contributed by atoms with Gasteiger partial charge in [-0.2, -0.15) is 0 Å². The molecule has 1 aromatic heterocycles. The Hall–Kier alpha value is -3.00. The first-order chi connectivity index (χ1) is 17.1. The molecule has 36 heavy (non-hydrogen) atoms. The predicted octanol–water partition coefficient (Wildman–Crippen LogP) is 4.98. The molecule has 0 spiro atoms. The fraction of sp³-hybridized carbons (Fsp3) is 0.333. The molecule has 0 radical (unpaired) electrons. The lowest BCUT2D eigenvalue weighted by Gasteiger charge is -2.22. The highest BCUT2D eigenvalue weighted by Crippen LogP contribution is 2.26. The molecule has 2 amide bonds. The van der Waals surface area contributed by atoms with E-state index in [9.17, 15) is 19.7 Å². The maximum atomic E-state index is 12.9. The van der Waals surface area contributed by atoms with Crippen LogP contribution in [0.4, 0.5) is 11.4 Å². The number of aromatic nitrogens is 3. The molecule has 0 fully saturated rings. The van der Waals surface area contributed by atoms with E-state index >= 15 is 0 Å². The van der Waals surface area contributed by atoms with E-state index in [0.29, 0.717) is 17.5 Å². The van der Waals surface area contributed by atoms with Gasteiger partial charge in [-0.15, -0.1) is 10.2 Å². The summed E-state index contributed by atoms with van der Waals surface area (Å²) in [5.74, 6) is 0.0749. The van der Waals surface area contributed by atoms with Gasteiger partial charge in [0.15, 0.2) is 11.0 Å². The molecule has 2 N–H and O–H groups in total.